The Morgan fingerprint density at radius 2 is 2.24 bits per heavy atom. The molecule has 2 aromatic rings. The molecule has 1 unspecified atom stereocenters. The van der Waals surface area contributed by atoms with Gasteiger partial charge in [-0.05, 0) is 35.9 Å². The van der Waals surface area contributed by atoms with E-state index in [9.17, 15) is 0 Å². The molecule has 0 aliphatic heterocycles. The average molecular weight is 302 g/mol. The number of nitrogens with two attached hydrogens (primary N) is 1. The number of hydrogen-bond acceptors (Lipinski definition) is 5. The molecule has 1 aliphatic carbocycles. The maximum Gasteiger partial charge on any atom is 0.147 e. The van der Waals surface area contributed by atoms with E-state index in [0.717, 1.165) is 16.1 Å². The van der Waals surface area contributed by atoms with Crippen molar-refractivity contribution in [3.05, 3.63) is 24.5 Å². The number of aromatic nitrogens is 2. The van der Waals surface area contributed by atoms with Crippen LogP contribution in [0.1, 0.15) is 39.5 Å². The zero-order valence-electron chi connectivity index (χ0n) is 12.6. The van der Waals surface area contributed by atoms with Crippen LogP contribution in [0.4, 0.5) is 10.8 Å². The fourth-order valence-electron chi connectivity index (χ4n) is 3.11. The maximum absolute atomic E-state index is 6.08. The first-order valence-corrected chi connectivity index (χ1v) is 8.27. The van der Waals surface area contributed by atoms with Crippen molar-refractivity contribution in [3.63, 3.8) is 0 Å². The summed E-state index contributed by atoms with van der Waals surface area (Å²) in [6.45, 7) is 4.69. The van der Waals surface area contributed by atoms with Crippen LogP contribution in [-0.4, -0.2) is 15.4 Å². The monoisotopic (exact) mass is 302 g/mol. The summed E-state index contributed by atoms with van der Waals surface area (Å²) < 4.78 is 4.34. The van der Waals surface area contributed by atoms with Crippen molar-refractivity contribution in [3.8, 4) is 11.1 Å². The highest BCUT2D eigenvalue weighted by atomic mass is 32.1. The van der Waals surface area contributed by atoms with Gasteiger partial charge in [-0.15, -0.1) is 0 Å². The Hall–Kier alpha value is -1.62. The average Bonchev–Trinajstić information content (AvgIpc) is 2.83. The molecule has 0 bridgehead atoms. The van der Waals surface area contributed by atoms with Gasteiger partial charge in [0.1, 0.15) is 10.8 Å². The summed E-state index contributed by atoms with van der Waals surface area (Å²) in [5, 5.41) is 4.78. The van der Waals surface area contributed by atoms with E-state index in [-0.39, 0.29) is 0 Å². The number of nitrogens with zero attached hydrogens (tertiary/aromatic N) is 2. The molecule has 4 nitrogen and oxygen atoms in total. The van der Waals surface area contributed by atoms with E-state index < -0.39 is 0 Å². The minimum atomic E-state index is 0.309. The molecule has 3 rings (SSSR count). The Morgan fingerprint density at radius 3 is 2.95 bits per heavy atom. The molecule has 2 heterocycles. The lowest BCUT2D eigenvalue weighted by Gasteiger charge is -2.39. The molecule has 2 aromatic heterocycles. The quantitative estimate of drug-likeness (QED) is 0.893. The zero-order chi connectivity index (χ0) is 14.9. The molecule has 1 atom stereocenters. The molecule has 1 fully saturated rings. The summed E-state index contributed by atoms with van der Waals surface area (Å²) >= 11 is 1.45. The van der Waals surface area contributed by atoms with Crippen LogP contribution in [0.15, 0.2) is 24.5 Å². The van der Waals surface area contributed by atoms with Gasteiger partial charge in [0.2, 0.25) is 0 Å². The third kappa shape index (κ3) is 2.88. The van der Waals surface area contributed by atoms with Gasteiger partial charge in [0.05, 0.1) is 5.56 Å². The normalized spacial score (nSPS) is 21.1. The van der Waals surface area contributed by atoms with E-state index in [1.54, 1.807) is 6.20 Å². The number of nitrogen functional groups attached to an aromatic ring is 1. The molecule has 0 saturated heterocycles. The molecule has 0 aromatic carbocycles. The van der Waals surface area contributed by atoms with Gasteiger partial charge in [0.25, 0.3) is 0 Å². The summed E-state index contributed by atoms with van der Waals surface area (Å²) in [7, 11) is 0. The van der Waals surface area contributed by atoms with Crippen LogP contribution < -0.4 is 11.1 Å². The lowest BCUT2D eigenvalue weighted by atomic mass is 9.73. The zero-order valence-corrected chi connectivity index (χ0v) is 13.4. The summed E-state index contributed by atoms with van der Waals surface area (Å²) in [5.74, 6) is 0.587. The highest BCUT2D eigenvalue weighted by Gasteiger charge is 2.33. The molecule has 1 aliphatic rings. The number of pyridine rings is 1. The Morgan fingerprint density at radius 1 is 1.38 bits per heavy atom. The van der Waals surface area contributed by atoms with Gasteiger partial charge in [0.15, 0.2) is 0 Å². The molecule has 3 N–H and O–H groups in total. The molecule has 112 valence electrons. The van der Waals surface area contributed by atoms with Crippen LogP contribution >= 0.6 is 11.5 Å². The van der Waals surface area contributed by atoms with Crippen LogP contribution in [0.25, 0.3) is 11.1 Å². The Kier molecular flexibility index (Phi) is 3.85. The van der Waals surface area contributed by atoms with Gasteiger partial charge in [-0.3, -0.25) is 4.98 Å². The van der Waals surface area contributed by atoms with E-state index >= 15 is 0 Å². The van der Waals surface area contributed by atoms with Crippen molar-refractivity contribution < 1.29 is 0 Å². The third-order valence-electron chi connectivity index (χ3n) is 4.48. The van der Waals surface area contributed by atoms with Crippen molar-refractivity contribution >= 4 is 22.4 Å². The molecular formula is C16H22N4S. The fraction of sp³-hybridized carbons (Fsp3) is 0.500. The van der Waals surface area contributed by atoms with Gasteiger partial charge >= 0.3 is 0 Å². The first-order chi connectivity index (χ1) is 10.1. The number of hydrogen-bond donors (Lipinski definition) is 2. The van der Waals surface area contributed by atoms with Crippen LogP contribution in [0, 0.1) is 5.41 Å². The van der Waals surface area contributed by atoms with Crippen LogP contribution in [0.2, 0.25) is 0 Å². The second-order valence-corrected chi connectivity index (χ2v) is 7.22. The predicted octanol–water partition coefficient (Wildman–Crippen LogP) is 4.17. The van der Waals surface area contributed by atoms with Gasteiger partial charge in [-0.25, -0.2) is 0 Å². The van der Waals surface area contributed by atoms with Crippen molar-refractivity contribution in [2.45, 2.75) is 45.6 Å². The summed E-state index contributed by atoms with van der Waals surface area (Å²) in [6.07, 6.45) is 8.70. The Labute approximate surface area is 130 Å². The first-order valence-electron chi connectivity index (χ1n) is 7.50. The van der Waals surface area contributed by atoms with E-state index in [2.05, 4.69) is 28.5 Å². The SMILES string of the molecule is CC1(C)CCCCC1Nc1snc(N)c1-c1cccnc1. The van der Waals surface area contributed by atoms with Crippen LogP contribution in [0.5, 0.6) is 0 Å². The van der Waals surface area contributed by atoms with Crippen molar-refractivity contribution in [1.82, 2.24) is 9.36 Å². The molecule has 5 heteroatoms. The maximum atomic E-state index is 6.08. The smallest absolute Gasteiger partial charge is 0.147 e. The second-order valence-electron chi connectivity index (χ2n) is 6.44. The largest absolute Gasteiger partial charge is 0.382 e. The van der Waals surface area contributed by atoms with Crippen molar-refractivity contribution in [2.24, 2.45) is 5.41 Å². The van der Waals surface area contributed by atoms with Gasteiger partial charge in [-0.1, -0.05) is 32.8 Å². The van der Waals surface area contributed by atoms with Crippen molar-refractivity contribution in [1.29, 1.82) is 0 Å². The highest BCUT2D eigenvalue weighted by molar-refractivity contribution is 7.11. The molecule has 0 spiro atoms. The van der Waals surface area contributed by atoms with Gasteiger partial charge < -0.3 is 11.1 Å². The number of nitrogens with one attached hydrogen (secondary N) is 1. The van der Waals surface area contributed by atoms with E-state index in [0.29, 0.717) is 17.3 Å². The summed E-state index contributed by atoms with van der Waals surface area (Å²) in [6, 6.07) is 4.44. The fourth-order valence-corrected chi connectivity index (χ4v) is 3.90. The van der Waals surface area contributed by atoms with E-state index in [1.807, 2.05) is 18.3 Å². The predicted molar refractivity (Wildman–Crippen MR) is 89.4 cm³/mol. The molecule has 0 radical (unpaired) electrons. The minimum absolute atomic E-state index is 0.309. The highest BCUT2D eigenvalue weighted by Crippen LogP contribution is 2.42. The van der Waals surface area contributed by atoms with E-state index in [1.165, 1.54) is 37.2 Å². The molecule has 0 amide bonds. The Balaban J connectivity index is 1.90. The van der Waals surface area contributed by atoms with Crippen molar-refractivity contribution in [2.75, 3.05) is 11.1 Å². The Bertz CT molecular complexity index is 606. The molecule has 1 saturated carbocycles. The van der Waals surface area contributed by atoms with Crippen LogP contribution in [0.3, 0.4) is 0 Å². The summed E-state index contributed by atoms with van der Waals surface area (Å²) in [4.78, 5) is 4.19. The van der Waals surface area contributed by atoms with Gasteiger partial charge in [0, 0.05) is 24.0 Å². The molecular weight excluding hydrogens is 280 g/mol. The second kappa shape index (κ2) is 5.64. The minimum Gasteiger partial charge on any atom is -0.382 e. The lowest BCUT2D eigenvalue weighted by molar-refractivity contribution is 0.217. The third-order valence-corrected chi connectivity index (χ3v) is 5.27. The lowest BCUT2D eigenvalue weighted by Crippen LogP contribution is -2.38. The number of anilines is 2. The standard InChI is InChI=1S/C16H22N4S/c1-16(2)8-4-3-7-12(16)19-15-13(14(17)20-21-15)11-6-5-9-18-10-11/h5-6,9-10,12,19H,3-4,7-8H2,1-2H3,(H2,17,20). The summed E-state index contributed by atoms with van der Waals surface area (Å²) in [5.41, 5.74) is 8.41. The van der Waals surface area contributed by atoms with E-state index in [4.69, 9.17) is 5.73 Å². The molecule has 21 heavy (non-hydrogen) atoms. The topological polar surface area (TPSA) is 63.8 Å². The van der Waals surface area contributed by atoms with Crippen LogP contribution in [-0.2, 0) is 0 Å². The van der Waals surface area contributed by atoms with Gasteiger partial charge in [-0.2, -0.15) is 4.37 Å². The number of rotatable bonds is 3. The first kappa shape index (κ1) is 14.3.